The molecule has 0 spiro atoms. The highest BCUT2D eigenvalue weighted by Gasteiger charge is 2.36. The number of furan rings is 1. The summed E-state index contributed by atoms with van der Waals surface area (Å²) in [5.41, 5.74) is 7.64. The molecule has 3 heterocycles. The van der Waals surface area contributed by atoms with Gasteiger partial charge in [-0.2, -0.15) is 0 Å². The fraction of sp³-hybridized carbons (Fsp3) is 0.105. The number of nitrogen functional groups attached to an aromatic ring is 1. The van der Waals surface area contributed by atoms with Crippen LogP contribution in [-0.2, 0) is 0 Å². The third-order valence-corrected chi connectivity index (χ3v) is 4.22. The predicted molar refractivity (Wildman–Crippen MR) is 95.2 cm³/mol. The molecule has 0 saturated heterocycles. The smallest absolute Gasteiger partial charge is 0.262 e. The number of carbonyl (C=O) groups excluding carboxylic acids is 1. The predicted octanol–water partition coefficient (Wildman–Crippen LogP) is 3.35. The van der Waals surface area contributed by atoms with Crippen molar-refractivity contribution in [2.75, 3.05) is 12.8 Å². The molecule has 1 aromatic carbocycles. The summed E-state index contributed by atoms with van der Waals surface area (Å²) in [5.74, 6) is 0.439. The molecule has 0 atom stereocenters. The second-order valence-corrected chi connectivity index (χ2v) is 5.98. The lowest BCUT2D eigenvalue weighted by atomic mass is 10.1. The lowest BCUT2D eigenvalue weighted by Crippen LogP contribution is -2.17. The van der Waals surface area contributed by atoms with Crippen molar-refractivity contribution < 1.29 is 13.6 Å². The zero-order chi connectivity index (χ0) is 18.4. The third kappa shape index (κ3) is 2.45. The number of aryl methyl sites for hydroxylation is 1. The maximum absolute atomic E-state index is 14.0. The number of benzene rings is 1. The lowest BCUT2D eigenvalue weighted by Gasteiger charge is -2.10. The van der Waals surface area contributed by atoms with Crippen molar-refractivity contribution in [3.05, 3.63) is 64.8 Å². The molecule has 1 amide bonds. The van der Waals surface area contributed by atoms with Gasteiger partial charge >= 0.3 is 0 Å². The molecule has 0 fully saturated rings. The number of rotatable bonds is 2. The number of amides is 1. The van der Waals surface area contributed by atoms with E-state index in [2.05, 4.69) is 9.97 Å². The van der Waals surface area contributed by atoms with E-state index in [1.54, 1.807) is 50.4 Å². The molecular formula is C19H15FN4O2. The van der Waals surface area contributed by atoms with E-state index in [0.717, 1.165) is 0 Å². The molecule has 1 aliphatic rings. The highest BCUT2D eigenvalue weighted by Crippen LogP contribution is 2.37. The summed E-state index contributed by atoms with van der Waals surface area (Å²) in [5, 5.41) is 0. The van der Waals surface area contributed by atoms with E-state index in [1.807, 2.05) is 0 Å². The molecule has 0 radical (unpaired) electrons. The molecule has 4 rings (SSSR count). The Morgan fingerprint density at radius 1 is 1.15 bits per heavy atom. The first-order chi connectivity index (χ1) is 12.5. The first kappa shape index (κ1) is 16.0. The van der Waals surface area contributed by atoms with E-state index in [-0.39, 0.29) is 11.9 Å². The van der Waals surface area contributed by atoms with Crippen molar-refractivity contribution in [3.8, 4) is 11.5 Å². The highest BCUT2D eigenvalue weighted by molar-refractivity contribution is 6.14. The van der Waals surface area contributed by atoms with Gasteiger partial charge in [-0.3, -0.25) is 4.79 Å². The number of nitrogens with zero attached hydrogens (tertiary/aromatic N) is 3. The van der Waals surface area contributed by atoms with Crippen molar-refractivity contribution >= 4 is 23.6 Å². The third-order valence-electron chi connectivity index (χ3n) is 4.22. The highest BCUT2D eigenvalue weighted by atomic mass is 19.1. The molecule has 0 bridgehead atoms. The number of aromatic nitrogens is 2. The zero-order valence-electron chi connectivity index (χ0n) is 14.2. The Hall–Kier alpha value is -3.48. The summed E-state index contributed by atoms with van der Waals surface area (Å²) in [6.07, 6.45) is 1.57. The molecule has 1 aliphatic heterocycles. The molecule has 7 heteroatoms. The van der Waals surface area contributed by atoms with Crippen LogP contribution in [0.4, 0.5) is 10.3 Å². The normalized spacial score (nSPS) is 15.0. The van der Waals surface area contributed by atoms with Crippen molar-refractivity contribution in [2.45, 2.75) is 6.92 Å². The maximum Gasteiger partial charge on any atom is 0.262 e. The van der Waals surface area contributed by atoms with Crippen molar-refractivity contribution in [2.24, 2.45) is 0 Å². The Balaban J connectivity index is 1.95. The van der Waals surface area contributed by atoms with Gasteiger partial charge in [-0.15, -0.1) is 0 Å². The van der Waals surface area contributed by atoms with Gasteiger partial charge in [0.2, 0.25) is 5.95 Å². The first-order valence-corrected chi connectivity index (χ1v) is 7.94. The quantitative estimate of drug-likeness (QED) is 0.766. The average Bonchev–Trinajstić information content (AvgIpc) is 3.14. The van der Waals surface area contributed by atoms with Crippen LogP contribution >= 0.6 is 0 Å². The van der Waals surface area contributed by atoms with Crippen LogP contribution in [0.3, 0.4) is 0 Å². The first-order valence-electron chi connectivity index (χ1n) is 7.94. The monoisotopic (exact) mass is 350 g/mol. The van der Waals surface area contributed by atoms with E-state index < -0.39 is 5.82 Å². The molecule has 6 nitrogen and oxygen atoms in total. The molecule has 130 valence electrons. The second kappa shape index (κ2) is 5.80. The molecule has 0 aliphatic carbocycles. The van der Waals surface area contributed by atoms with Crippen LogP contribution in [0.15, 0.2) is 40.8 Å². The van der Waals surface area contributed by atoms with Gasteiger partial charge in [-0.1, -0.05) is 18.2 Å². The average molecular weight is 350 g/mol. The molecule has 2 N–H and O–H groups in total. The molecule has 0 unspecified atom stereocenters. The largest absolute Gasteiger partial charge is 0.460 e. The minimum Gasteiger partial charge on any atom is -0.460 e. The summed E-state index contributed by atoms with van der Waals surface area (Å²) in [6.45, 7) is 1.80. The van der Waals surface area contributed by atoms with Crippen LogP contribution in [-0.4, -0.2) is 27.8 Å². The molecule has 0 saturated carbocycles. The molecule has 2 aromatic heterocycles. The number of carbonyl (C=O) groups is 1. The van der Waals surface area contributed by atoms with Gasteiger partial charge in [0.1, 0.15) is 23.0 Å². The Kier molecular flexibility index (Phi) is 3.57. The van der Waals surface area contributed by atoms with Crippen LogP contribution in [0, 0.1) is 12.7 Å². The topological polar surface area (TPSA) is 85.2 Å². The van der Waals surface area contributed by atoms with E-state index in [9.17, 15) is 9.18 Å². The number of hydrogen-bond acceptors (Lipinski definition) is 5. The van der Waals surface area contributed by atoms with Crippen LogP contribution < -0.4 is 5.73 Å². The second-order valence-electron chi connectivity index (χ2n) is 5.98. The van der Waals surface area contributed by atoms with Crippen LogP contribution in [0.25, 0.3) is 23.2 Å². The van der Waals surface area contributed by atoms with E-state index >= 15 is 0 Å². The summed E-state index contributed by atoms with van der Waals surface area (Å²) in [7, 11) is 1.60. The maximum atomic E-state index is 14.0. The van der Waals surface area contributed by atoms with E-state index in [0.29, 0.717) is 39.7 Å². The Bertz CT molecular complexity index is 1070. The van der Waals surface area contributed by atoms with E-state index in [1.165, 1.54) is 11.0 Å². The van der Waals surface area contributed by atoms with Crippen molar-refractivity contribution in [1.29, 1.82) is 0 Å². The van der Waals surface area contributed by atoms with Crippen LogP contribution in [0.2, 0.25) is 0 Å². The fourth-order valence-corrected chi connectivity index (χ4v) is 2.95. The summed E-state index contributed by atoms with van der Waals surface area (Å²) >= 11 is 0. The zero-order valence-corrected chi connectivity index (χ0v) is 14.2. The number of anilines is 1. The number of fused-ring (bicyclic) bond motifs is 1. The number of nitrogens with two attached hydrogens (primary N) is 1. The van der Waals surface area contributed by atoms with Gasteiger partial charge < -0.3 is 15.1 Å². The summed E-state index contributed by atoms with van der Waals surface area (Å²) in [4.78, 5) is 22.7. The van der Waals surface area contributed by atoms with Gasteiger partial charge in [-0.05, 0) is 31.2 Å². The molecule has 3 aromatic rings. The Morgan fingerprint density at radius 2 is 1.88 bits per heavy atom. The van der Waals surface area contributed by atoms with Gasteiger partial charge in [0.15, 0.2) is 5.76 Å². The SMILES string of the molecule is Cc1ccc(-c2nc(N)nc3c2C(=O)N(C)C3=Cc2ccccc2F)o1. The summed E-state index contributed by atoms with van der Waals surface area (Å²) < 4.78 is 19.7. The van der Waals surface area contributed by atoms with Gasteiger partial charge in [-0.25, -0.2) is 14.4 Å². The fourth-order valence-electron chi connectivity index (χ4n) is 2.95. The summed E-state index contributed by atoms with van der Waals surface area (Å²) in [6, 6.07) is 9.81. The van der Waals surface area contributed by atoms with Crippen LogP contribution in [0.5, 0.6) is 0 Å². The van der Waals surface area contributed by atoms with Crippen LogP contribution in [0.1, 0.15) is 27.4 Å². The Labute approximate surface area is 148 Å². The molecule has 26 heavy (non-hydrogen) atoms. The minimum absolute atomic E-state index is 0.00957. The van der Waals surface area contributed by atoms with Gasteiger partial charge in [0.05, 0.1) is 11.3 Å². The Morgan fingerprint density at radius 3 is 2.58 bits per heavy atom. The number of hydrogen-bond donors (Lipinski definition) is 1. The van der Waals surface area contributed by atoms with Crippen molar-refractivity contribution in [1.82, 2.24) is 14.9 Å². The minimum atomic E-state index is -0.391. The number of halogens is 1. The van der Waals surface area contributed by atoms with Gasteiger partial charge in [0.25, 0.3) is 5.91 Å². The van der Waals surface area contributed by atoms with Gasteiger partial charge in [0, 0.05) is 12.6 Å². The molecular weight excluding hydrogens is 335 g/mol. The standard InChI is InChI=1S/C19H15FN4O2/c1-10-7-8-14(26-10)17-15-16(22-19(21)23-17)13(24(2)18(15)25)9-11-5-3-4-6-12(11)20/h3-9H,1-2H3,(H2,21,22,23). The van der Waals surface area contributed by atoms with E-state index in [4.69, 9.17) is 10.2 Å². The lowest BCUT2D eigenvalue weighted by molar-refractivity contribution is 0.0875. The van der Waals surface area contributed by atoms with Crippen molar-refractivity contribution in [3.63, 3.8) is 0 Å².